The monoisotopic (exact) mass is 452 g/mol. The molecule has 4 rings (SSSR count). The zero-order valence-corrected chi connectivity index (χ0v) is 18.4. The Balaban J connectivity index is 1.44. The average molecular weight is 453 g/mol. The zero-order valence-electron chi connectivity index (χ0n) is 17.6. The number of carbonyl (C=O) groups excluding carboxylic acids is 1. The molecule has 8 heteroatoms. The number of hydrogen-bond acceptors (Lipinski definition) is 5. The van der Waals surface area contributed by atoms with Crippen LogP contribution >= 0.6 is 0 Å². The highest BCUT2D eigenvalue weighted by atomic mass is 32.2. The van der Waals surface area contributed by atoms with Crippen molar-refractivity contribution in [2.75, 3.05) is 23.3 Å². The van der Waals surface area contributed by atoms with Gasteiger partial charge in [-0.05, 0) is 60.5 Å². The fourth-order valence-electron chi connectivity index (χ4n) is 3.24. The van der Waals surface area contributed by atoms with Crippen molar-refractivity contribution in [1.82, 2.24) is 0 Å². The number of anilines is 2. The van der Waals surface area contributed by atoms with Gasteiger partial charge in [0, 0.05) is 29.4 Å². The molecule has 0 unspecified atom stereocenters. The first-order chi connectivity index (χ1) is 15.4. The highest BCUT2D eigenvalue weighted by Crippen LogP contribution is 2.32. The topological polar surface area (TPSA) is 93.7 Å². The molecular formula is C24H24N2O5S. The van der Waals surface area contributed by atoms with E-state index in [9.17, 15) is 13.2 Å². The Kier molecular flexibility index (Phi) is 6.32. The Hall–Kier alpha value is -3.52. The van der Waals surface area contributed by atoms with E-state index in [2.05, 4.69) is 17.0 Å². The number of sulfonamides is 1. The van der Waals surface area contributed by atoms with Crippen LogP contribution in [0.15, 0.2) is 71.6 Å². The van der Waals surface area contributed by atoms with Gasteiger partial charge in [0.1, 0.15) is 0 Å². The van der Waals surface area contributed by atoms with E-state index in [0.29, 0.717) is 41.7 Å². The number of benzene rings is 3. The SMILES string of the molecule is CCc1ccc(NC(=O)c2ccc(NS(=O)(=O)c3ccc4c(c3)OCCCO4)cc2)cc1. The minimum Gasteiger partial charge on any atom is -0.490 e. The van der Waals surface area contributed by atoms with Gasteiger partial charge in [0.2, 0.25) is 0 Å². The first-order valence-corrected chi connectivity index (χ1v) is 11.9. The molecule has 0 saturated carbocycles. The number of rotatable bonds is 6. The standard InChI is InChI=1S/C24H24N2O5S/c1-2-17-4-8-19(9-5-17)25-24(27)18-6-10-20(11-7-18)26-32(28,29)21-12-13-22-23(16-21)31-15-3-14-30-22/h4-13,16,26H,2-3,14-15H2,1H3,(H,25,27). The predicted octanol–water partition coefficient (Wildman–Crippen LogP) is 4.46. The van der Waals surface area contributed by atoms with Gasteiger partial charge in [0.05, 0.1) is 18.1 Å². The van der Waals surface area contributed by atoms with Crippen LogP contribution in [0.25, 0.3) is 0 Å². The molecule has 2 N–H and O–H groups in total. The molecule has 32 heavy (non-hydrogen) atoms. The molecule has 1 aliphatic heterocycles. The molecule has 3 aromatic rings. The molecule has 1 aliphatic rings. The molecule has 0 saturated heterocycles. The third-order valence-electron chi connectivity index (χ3n) is 5.05. The van der Waals surface area contributed by atoms with Crippen molar-refractivity contribution in [1.29, 1.82) is 0 Å². The zero-order chi connectivity index (χ0) is 22.6. The summed E-state index contributed by atoms with van der Waals surface area (Å²) in [6.45, 7) is 3.07. The maximum atomic E-state index is 12.8. The lowest BCUT2D eigenvalue weighted by atomic mass is 10.1. The fourth-order valence-corrected chi connectivity index (χ4v) is 4.32. The van der Waals surface area contributed by atoms with Crippen LogP contribution in [0, 0.1) is 0 Å². The lowest BCUT2D eigenvalue weighted by Crippen LogP contribution is -2.14. The molecule has 0 aromatic heterocycles. The normalized spacial score (nSPS) is 13.2. The van der Waals surface area contributed by atoms with Gasteiger partial charge in [0.25, 0.3) is 15.9 Å². The Morgan fingerprint density at radius 2 is 1.53 bits per heavy atom. The summed E-state index contributed by atoms with van der Waals surface area (Å²) < 4.78 is 39.2. The molecule has 1 amide bonds. The van der Waals surface area contributed by atoms with Crippen LogP contribution in [0.5, 0.6) is 11.5 Å². The molecule has 166 valence electrons. The number of nitrogens with one attached hydrogen (secondary N) is 2. The van der Waals surface area contributed by atoms with Crippen LogP contribution in [0.3, 0.4) is 0 Å². The van der Waals surface area contributed by atoms with E-state index in [-0.39, 0.29) is 10.8 Å². The Bertz CT molecular complexity index is 1210. The van der Waals surface area contributed by atoms with Crippen LogP contribution in [0.1, 0.15) is 29.3 Å². The van der Waals surface area contributed by atoms with Crippen LogP contribution in [-0.4, -0.2) is 27.5 Å². The Morgan fingerprint density at radius 3 is 2.22 bits per heavy atom. The molecule has 7 nitrogen and oxygen atoms in total. The predicted molar refractivity (Wildman–Crippen MR) is 123 cm³/mol. The number of aryl methyl sites for hydroxylation is 1. The van der Waals surface area contributed by atoms with Crippen molar-refractivity contribution in [2.45, 2.75) is 24.7 Å². The summed E-state index contributed by atoms with van der Waals surface area (Å²) in [6.07, 6.45) is 1.66. The highest BCUT2D eigenvalue weighted by molar-refractivity contribution is 7.92. The second-order valence-electron chi connectivity index (χ2n) is 7.35. The number of amides is 1. The van der Waals surface area contributed by atoms with Crippen LogP contribution in [-0.2, 0) is 16.4 Å². The summed E-state index contributed by atoms with van der Waals surface area (Å²) in [4.78, 5) is 12.5. The number of hydrogen-bond donors (Lipinski definition) is 2. The van der Waals surface area contributed by atoms with Crippen molar-refractivity contribution in [3.05, 3.63) is 77.9 Å². The first kappa shape index (κ1) is 21.7. The van der Waals surface area contributed by atoms with Crippen molar-refractivity contribution in [2.24, 2.45) is 0 Å². The number of fused-ring (bicyclic) bond motifs is 1. The smallest absolute Gasteiger partial charge is 0.262 e. The summed E-state index contributed by atoms with van der Waals surface area (Å²) in [5.74, 6) is 0.664. The summed E-state index contributed by atoms with van der Waals surface area (Å²) in [5, 5.41) is 2.83. The van der Waals surface area contributed by atoms with Gasteiger partial charge in [-0.3, -0.25) is 9.52 Å². The number of ether oxygens (including phenoxy) is 2. The van der Waals surface area contributed by atoms with Gasteiger partial charge in [-0.2, -0.15) is 0 Å². The van der Waals surface area contributed by atoms with Crippen molar-refractivity contribution in [3.8, 4) is 11.5 Å². The van der Waals surface area contributed by atoms with Crippen LogP contribution in [0.2, 0.25) is 0 Å². The molecule has 1 heterocycles. The summed E-state index contributed by atoms with van der Waals surface area (Å²) in [7, 11) is -3.83. The van der Waals surface area contributed by atoms with Crippen molar-refractivity contribution < 1.29 is 22.7 Å². The van der Waals surface area contributed by atoms with E-state index in [0.717, 1.165) is 12.8 Å². The number of carbonyl (C=O) groups is 1. The third kappa shape index (κ3) is 5.03. The maximum absolute atomic E-state index is 12.8. The maximum Gasteiger partial charge on any atom is 0.262 e. The van der Waals surface area contributed by atoms with Gasteiger partial charge in [-0.1, -0.05) is 19.1 Å². The van der Waals surface area contributed by atoms with Gasteiger partial charge >= 0.3 is 0 Å². The van der Waals surface area contributed by atoms with E-state index in [1.807, 2.05) is 24.3 Å². The Morgan fingerprint density at radius 1 is 0.875 bits per heavy atom. The van der Waals surface area contributed by atoms with Gasteiger partial charge in [0.15, 0.2) is 11.5 Å². The molecule has 0 bridgehead atoms. The molecule has 0 fully saturated rings. The van der Waals surface area contributed by atoms with Gasteiger partial charge in [-0.25, -0.2) is 8.42 Å². The van der Waals surface area contributed by atoms with E-state index in [1.54, 1.807) is 30.3 Å². The van der Waals surface area contributed by atoms with E-state index < -0.39 is 10.0 Å². The quantitative estimate of drug-likeness (QED) is 0.576. The summed E-state index contributed by atoms with van der Waals surface area (Å²) >= 11 is 0. The lowest BCUT2D eigenvalue weighted by molar-refractivity contribution is 0.102. The van der Waals surface area contributed by atoms with Crippen LogP contribution < -0.4 is 19.5 Å². The van der Waals surface area contributed by atoms with Crippen LogP contribution in [0.4, 0.5) is 11.4 Å². The lowest BCUT2D eigenvalue weighted by Gasteiger charge is -2.12. The van der Waals surface area contributed by atoms with Crippen molar-refractivity contribution in [3.63, 3.8) is 0 Å². The Labute approximate surface area is 187 Å². The van der Waals surface area contributed by atoms with E-state index in [1.165, 1.54) is 17.7 Å². The summed E-state index contributed by atoms with van der Waals surface area (Å²) in [6, 6.07) is 18.4. The average Bonchev–Trinajstić information content (AvgIpc) is 3.05. The summed E-state index contributed by atoms with van der Waals surface area (Å²) in [5.41, 5.74) is 2.66. The molecular weight excluding hydrogens is 428 g/mol. The largest absolute Gasteiger partial charge is 0.490 e. The minimum absolute atomic E-state index is 0.0686. The molecule has 0 radical (unpaired) electrons. The highest BCUT2D eigenvalue weighted by Gasteiger charge is 2.19. The second-order valence-corrected chi connectivity index (χ2v) is 9.03. The molecule has 0 aliphatic carbocycles. The third-order valence-corrected chi connectivity index (χ3v) is 6.43. The van der Waals surface area contributed by atoms with Gasteiger partial charge < -0.3 is 14.8 Å². The fraction of sp³-hybridized carbons (Fsp3) is 0.208. The van der Waals surface area contributed by atoms with E-state index >= 15 is 0 Å². The van der Waals surface area contributed by atoms with Crippen molar-refractivity contribution >= 4 is 27.3 Å². The minimum atomic E-state index is -3.83. The molecule has 3 aromatic carbocycles. The van der Waals surface area contributed by atoms with Gasteiger partial charge in [-0.15, -0.1) is 0 Å². The molecule has 0 atom stereocenters. The second kappa shape index (κ2) is 9.32. The molecule has 0 spiro atoms. The first-order valence-electron chi connectivity index (χ1n) is 10.4. The van der Waals surface area contributed by atoms with E-state index in [4.69, 9.17) is 9.47 Å².